The number of pyridine rings is 1. The van der Waals surface area contributed by atoms with Crippen LogP contribution in [0.25, 0.3) is 10.8 Å². The van der Waals surface area contributed by atoms with Crippen LogP contribution in [0.5, 0.6) is 0 Å². The molecule has 0 atom stereocenters. The Morgan fingerprint density at radius 1 is 1.00 bits per heavy atom. The van der Waals surface area contributed by atoms with E-state index in [0.29, 0.717) is 28.3 Å². The van der Waals surface area contributed by atoms with Gasteiger partial charge >= 0.3 is 0 Å². The van der Waals surface area contributed by atoms with Crippen molar-refractivity contribution in [3.05, 3.63) is 95.7 Å². The molecular weight excluding hydrogens is 390 g/mol. The van der Waals surface area contributed by atoms with E-state index in [-0.39, 0.29) is 18.3 Å². The van der Waals surface area contributed by atoms with E-state index in [1.54, 1.807) is 48.7 Å². The van der Waals surface area contributed by atoms with Crippen molar-refractivity contribution < 1.29 is 9.90 Å². The van der Waals surface area contributed by atoms with Gasteiger partial charge < -0.3 is 21.5 Å². The van der Waals surface area contributed by atoms with E-state index >= 15 is 0 Å². The Balaban J connectivity index is 1.73. The quantitative estimate of drug-likeness (QED) is 0.242. The Morgan fingerprint density at radius 2 is 1.81 bits per heavy atom. The first kappa shape index (κ1) is 20.1. The fourth-order valence-electron chi connectivity index (χ4n) is 3.23. The number of carbonyl (C=O) groups excluding carboxylic acids is 1. The molecule has 1 amide bonds. The number of amidine groups is 1. The lowest BCUT2D eigenvalue weighted by Gasteiger charge is -2.14. The number of hydrogen-bond acceptors (Lipinski definition) is 5. The highest BCUT2D eigenvalue weighted by atomic mass is 16.3. The van der Waals surface area contributed by atoms with E-state index in [0.717, 1.165) is 16.3 Å². The lowest BCUT2D eigenvalue weighted by molar-refractivity contribution is 0.102. The van der Waals surface area contributed by atoms with Crippen molar-refractivity contribution in [2.24, 2.45) is 5.73 Å². The summed E-state index contributed by atoms with van der Waals surface area (Å²) in [6.45, 7) is -0.0519. The van der Waals surface area contributed by atoms with Crippen LogP contribution in [0.4, 0.5) is 17.2 Å². The van der Waals surface area contributed by atoms with Crippen LogP contribution in [0.15, 0.2) is 79.0 Å². The van der Waals surface area contributed by atoms with Crippen molar-refractivity contribution in [1.29, 1.82) is 5.41 Å². The molecule has 7 heteroatoms. The number of carbonyl (C=O) groups is 1. The molecule has 154 valence electrons. The molecule has 0 aliphatic rings. The highest BCUT2D eigenvalue weighted by Crippen LogP contribution is 2.29. The van der Waals surface area contributed by atoms with Crippen molar-refractivity contribution >= 4 is 39.7 Å². The van der Waals surface area contributed by atoms with E-state index in [1.807, 2.05) is 30.3 Å². The van der Waals surface area contributed by atoms with Gasteiger partial charge in [0.05, 0.1) is 6.61 Å². The molecule has 0 aliphatic heterocycles. The van der Waals surface area contributed by atoms with Crippen molar-refractivity contribution in [1.82, 2.24) is 4.98 Å². The monoisotopic (exact) mass is 411 g/mol. The molecule has 3 aromatic carbocycles. The number of amides is 1. The molecule has 0 radical (unpaired) electrons. The number of anilines is 3. The predicted octanol–water partition coefficient (Wildman–Crippen LogP) is 4.01. The molecule has 1 aromatic heterocycles. The number of benzene rings is 3. The Hall–Kier alpha value is -4.23. The predicted molar refractivity (Wildman–Crippen MR) is 123 cm³/mol. The van der Waals surface area contributed by atoms with Gasteiger partial charge in [-0.05, 0) is 53.4 Å². The molecule has 0 spiro atoms. The van der Waals surface area contributed by atoms with Crippen molar-refractivity contribution in [2.75, 3.05) is 10.6 Å². The maximum atomic E-state index is 12.9. The Labute approximate surface area is 179 Å². The van der Waals surface area contributed by atoms with Crippen LogP contribution in [0, 0.1) is 5.41 Å². The average molecular weight is 411 g/mol. The van der Waals surface area contributed by atoms with Crippen LogP contribution >= 0.6 is 0 Å². The molecule has 0 aliphatic carbocycles. The molecule has 0 saturated heterocycles. The third kappa shape index (κ3) is 4.52. The SMILES string of the molecule is N=C(N)c1ccc2cc(C(=O)Nc3ccc(CO)cc3)cc(Nc3ccccn3)c2c1. The highest BCUT2D eigenvalue weighted by Gasteiger charge is 2.13. The van der Waals surface area contributed by atoms with E-state index < -0.39 is 0 Å². The normalized spacial score (nSPS) is 10.6. The molecule has 0 bridgehead atoms. The molecule has 31 heavy (non-hydrogen) atoms. The molecule has 0 saturated carbocycles. The first-order valence-corrected chi connectivity index (χ1v) is 9.65. The number of fused-ring (bicyclic) bond motifs is 1. The summed E-state index contributed by atoms with van der Waals surface area (Å²) in [6, 6.07) is 21.5. The molecule has 0 unspecified atom stereocenters. The van der Waals surface area contributed by atoms with Gasteiger partial charge in [-0.15, -0.1) is 0 Å². The van der Waals surface area contributed by atoms with Crippen LogP contribution in [-0.4, -0.2) is 21.8 Å². The summed E-state index contributed by atoms with van der Waals surface area (Å²) in [7, 11) is 0. The number of hydrogen-bond donors (Lipinski definition) is 5. The molecule has 4 aromatic rings. The van der Waals surface area contributed by atoms with Gasteiger partial charge in [-0.1, -0.05) is 30.3 Å². The van der Waals surface area contributed by atoms with Gasteiger partial charge in [0, 0.05) is 34.1 Å². The summed E-state index contributed by atoms with van der Waals surface area (Å²) < 4.78 is 0. The van der Waals surface area contributed by atoms with Gasteiger partial charge in [0.2, 0.25) is 0 Å². The van der Waals surface area contributed by atoms with Crippen LogP contribution in [-0.2, 0) is 6.61 Å². The smallest absolute Gasteiger partial charge is 0.255 e. The second-order valence-electron chi connectivity index (χ2n) is 7.02. The number of aliphatic hydroxyl groups excluding tert-OH is 1. The van der Waals surface area contributed by atoms with Crippen LogP contribution in [0.2, 0.25) is 0 Å². The zero-order valence-electron chi connectivity index (χ0n) is 16.6. The first-order chi connectivity index (χ1) is 15.0. The van der Waals surface area contributed by atoms with Crippen molar-refractivity contribution in [3.63, 3.8) is 0 Å². The van der Waals surface area contributed by atoms with E-state index in [9.17, 15) is 9.90 Å². The number of rotatable bonds is 6. The zero-order chi connectivity index (χ0) is 21.8. The van der Waals surface area contributed by atoms with Gasteiger partial charge in [-0.25, -0.2) is 4.98 Å². The van der Waals surface area contributed by atoms with Crippen LogP contribution < -0.4 is 16.4 Å². The Morgan fingerprint density at radius 3 is 2.48 bits per heavy atom. The van der Waals surface area contributed by atoms with Gasteiger partial charge in [0.15, 0.2) is 0 Å². The summed E-state index contributed by atoms with van der Waals surface area (Å²) in [5, 5.41) is 24.7. The Bertz CT molecular complexity index is 1250. The summed E-state index contributed by atoms with van der Waals surface area (Å²) in [6.07, 6.45) is 1.68. The van der Waals surface area contributed by atoms with Crippen molar-refractivity contribution in [2.45, 2.75) is 6.61 Å². The lowest BCUT2D eigenvalue weighted by Crippen LogP contribution is -2.13. The Kier molecular flexibility index (Phi) is 5.59. The minimum Gasteiger partial charge on any atom is -0.392 e. The average Bonchev–Trinajstić information content (AvgIpc) is 2.79. The maximum Gasteiger partial charge on any atom is 0.255 e. The number of nitrogens with one attached hydrogen (secondary N) is 3. The lowest BCUT2D eigenvalue weighted by atomic mass is 10.0. The van der Waals surface area contributed by atoms with Gasteiger partial charge in [-0.3, -0.25) is 10.2 Å². The minimum absolute atomic E-state index is 0.0289. The molecule has 4 rings (SSSR count). The second kappa shape index (κ2) is 8.64. The number of aromatic nitrogens is 1. The fraction of sp³-hybridized carbons (Fsp3) is 0.0417. The minimum atomic E-state index is -0.265. The second-order valence-corrected chi connectivity index (χ2v) is 7.02. The van der Waals surface area contributed by atoms with Crippen LogP contribution in [0.3, 0.4) is 0 Å². The van der Waals surface area contributed by atoms with Gasteiger partial charge in [0.1, 0.15) is 11.7 Å². The number of nitrogens with two attached hydrogens (primary N) is 1. The molecule has 7 nitrogen and oxygen atoms in total. The highest BCUT2D eigenvalue weighted by molar-refractivity contribution is 6.10. The number of nitrogen functional groups attached to an aromatic ring is 1. The maximum absolute atomic E-state index is 12.9. The molecule has 1 heterocycles. The fourth-order valence-corrected chi connectivity index (χ4v) is 3.23. The third-order valence-corrected chi connectivity index (χ3v) is 4.85. The van der Waals surface area contributed by atoms with Gasteiger partial charge in [-0.2, -0.15) is 0 Å². The topological polar surface area (TPSA) is 124 Å². The van der Waals surface area contributed by atoms with E-state index in [4.69, 9.17) is 11.1 Å². The summed E-state index contributed by atoms with van der Waals surface area (Å²) in [4.78, 5) is 17.2. The van der Waals surface area contributed by atoms with Crippen LogP contribution in [0.1, 0.15) is 21.5 Å². The van der Waals surface area contributed by atoms with E-state index in [2.05, 4.69) is 15.6 Å². The summed E-state index contributed by atoms with van der Waals surface area (Å²) in [5.41, 5.74) is 8.81. The standard InChI is InChI=1S/C24H21N5O2/c25-23(26)17-7-6-16-11-18(24(31)28-19-8-4-15(14-30)5-9-19)13-21(20(16)12-17)29-22-3-1-2-10-27-22/h1-13,30H,14H2,(H3,25,26)(H,27,29)(H,28,31). The number of nitrogens with zero attached hydrogens (tertiary/aromatic N) is 1. The molecule has 6 N–H and O–H groups in total. The van der Waals surface area contributed by atoms with E-state index in [1.165, 1.54) is 0 Å². The third-order valence-electron chi connectivity index (χ3n) is 4.85. The zero-order valence-corrected chi connectivity index (χ0v) is 16.6. The first-order valence-electron chi connectivity index (χ1n) is 9.65. The summed E-state index contributed by atoms with van der Waals surface area (Å²) >= 11 is 0. The largest absolute Gasteiger partial charge is 0.392 e. The van der Waals surface area contributed by atoms with Gasteiger partial charge in [0.25, 0.3) is 5.91 Å². The van der Waals surface area contributed by atoms with Crippen molar-refractivity contribution in [3.8, 4) is 0 Å². The molecule has 0 fully saturated rings. The molecular formula is C24H21N5O2. The summed E-state index contributed by atoms with van der Waals surface area (Å²) in [5.74, 6) is 0.339. The number of aliphatic hydroxyl groups is 1.